The smallest absolute Gasteiger partial charge is 0.231 e. The second-order valence-corrected chi connectivity index (χ2v) is 5.82. The molecule has 19 heavy (non-hydrogen) atoms. The minimum Gasteiger partial charge on any atom is -0.454 e. The molecule has 3 aliphatic rings. The predicted molar refractivity (Wildman–Crippen MR) is 73.1 cm³/mol. The molecule has 1 fully saturated rings. The lowest BCUT2D eigenvalue weighted by Crippen LogP contribution is -2.25. The van der Waals surface area contributed by atoms with E-state index in [4.69, 9.17) is 9.47 Å². The van der Waals surface area contributed by atoms with Crippen molar-refractivity contribution < 1.29 is 9.47 Å². The predicted octanol–water partition coefficient (Wildman–Crippen LogP) is 2.72. The Bertz CT molecular complexity index is 511. The third-order valence-electron chi connectivity index (χ3n) is 4.62. The molecule has 3 heteroatoms. The van der Waals surface area contributed by atoms with Gasteiger partial charge in [0, 0.05) is 12.1 Å². The second kappa shape index (κ2) is 4.57. The lowest BCUT2D eigenvalue weighted by Gasteiger charge is -2.18. The van der Waals surface area contributed by atoms with Gasteiger partial charge in [0.1, 0.15) is 0 Å². The van der Waals surface area contributed by atoms with Gasteiger partial charge in [0.15, 0.2) is 11.5 Å². The van der Waals surface area contributed by atoms with Crippen molar-refractivity contribution in [3.05, 3.63) is 35.9 Å². The molecule has 100 valence electrons. The number of rotatable bonds is 4. The molecule has 0 saturated heterocycles. The number of allylic oxidation sites excluding steroid dienone is 2. The first kappa shape index (κ1) is 11.4. The van der Waals surface area contributed by atoms with Crippen LogP contribution in [0, 0.1) is 17.8 Å². The minimum absolute atomic E-state index is 0.351. The number of benzene rings is 1. The van der Waals surface area contributed by atoms with E-state index in [9.17, 15) is 0 Å². The molecule has 4 rings (SSSR count). The van der Waals surface area contributed by atoms with E-state index < -0.39 is 0 Å². The summed E-state index contributed by atoms with van der Waals surface area (Å²) in [4.78, 5) is 0. The molecule has 0 aromatic heterocycles. The number of hydrogen-bond acceptors (Lipinski definition) is 3. The Balaban J connectivity index is 1.36. The molecule has 2 aliphatic carbocycles. The second-order valence-electron chi connectivity index (χ2n) is 5.82. The maximum absolute atomic E-state index is 5.53. The van der Waals surface area contributed by atoms with Crippen LogP contribution in [0.25, 0.3) is 0 Å². The molecule has 3 unspecified atom stereocenters. The van der Waals surface area contributed by atoms with E-state index >= 15 is 0 Å². The minimum atomic E-state index is 0.351. The molecule has 0 spiro atoms. The Kier molecular flexibility index (Phi) is 2.73. The number of nitrogens with one attached hydrogen (secondary N) is 1. The first-order chi connectivity index (χ1) is 9.40. The number of para-hydroxylation sites is 1. The molecule has 1 aromatic rings. The molecule has 1 aromatic carbocycles. The summed E-state index contributed by atoms with van der Waals surface area (Å²) in [6.07, 6.45) is 7.55. The van der Waals surface area contributed by atoms with E-state index in [1.54, 1.807) is 0 Å². The van der Waals surface area contributed by atoms with Crippen molar-refractivity contribution in [3.63, 3.8) is 0 Å². The van der Waals surface area contributed by atoms with Gasteiger partial charge in [-0.25, -0.2) is 0 Å². The highest BCUT2D eigenvalue weighted by atomic mass is 16.7. The Morgan fingerprint density at radius 2 is 2.16 bits per heavy atom. The molecule has 0 amide bonds. The number of hydrogen-bond donors (Lipinski definition) is 1. The third kappa shape index (κ3) is 2.02. The fourth-order valence-electron chi connectivity index (χ4n) is 3.65. The van der Waals surface area contributed by atoms with Crippen LogP contribution in [0.5, 0.6) is 11.5 Å². The van der Waals surface area contributed by atoms with Crippen LogP contribution in [0.2, 0.25) is 0 Å². The highest BCUT2D eigenvalue weighted by molar-refractivity contribution is 5.48. The fourth-order valence-corrected chi connectivity index (χ4v) is 3.65. The van der Waals surface area contributed by atoms with Gasteiger partial charge in [0.05, 0.1) is 0 Å². The molecule has 3 nitrogen and oxygen atoms in total. The quantitative estimate of drug-likeness (QED) is 0.841. The lowest BCUT2D eigenvalue weighted by atomic mass is 9.93. The molecule has 1 aliphatic heterocycles. The van der Waals surface area contributed by atoms with Crippen molar-refractivity contribution in [2.45, 2.75) is 19.4 Å². The molecule has 0 radical (unpaired) electrons. The third-order valence-corrected chi connectivity index (χ3v) is 4.62. The van der Waals surface area contributed by atoms with Crippen molar-refractivity contribution in [2.75, 3.05) is 13.3 Å². The van der Waals surface area contributed by atoms with Crippen molar-refractivity contribution >= 4 is 0 Å². The molecule has 1 N–H and O–H groups in total. The van der Waals surface area contributed by atoms with Crippen molar-refractivity contribution in [1.29, 1.82) is 0 Å². The lowest BCUT2D eigenvalue weighted by molar-refractivity contribution is 0.173. The standard InChI is InChI=1S/C16H19NO2/c1-2-13(16-15(3-1)18-10-19-16)8-17-9-14-7-11-4-5-12(14)6-11/h1-5,11-12,14,17H,6-10H2. The maximum Gasteiger partial charge on any atom is 0.231 e. The van der Waals surface area contributed by atoms with E-state index in [1.165, 1.54) is 18.4 Å². The average Bonchev–Trinajstić information content (AvgIpc) is 3.14. The van der Waals surface area contributed by atoms with E-state index in [0.717, 1.165) is 42.3 Å². The summed E-state index contributed by atoms with van der Waals surface area (Å²) in [7, 11) is 0. The van der Waals surface area contributed by atoms with Crippen LogP contribution in [-0.2, 0) is 6.54 Å². The number of ether oxygens (including phenoxy) is 2. The van der Waals surface area contributed by atoms with Gasteiger partial charge in [-0.2, -0.15) is 0 Å². The fraction of sp³-hybridized carbons (Fsp3) is 0.500. The number of fused-ring (bicyclic) bond motifs is 3. The van der Waals surface area contributed by atoms with Crippen LogP contribution < -0.4 is 14.8 Å². The molecular weight excluding hydrogens is 238 g/mol. The SMILES string of the molecule is C1=CC2CC1CC2CNCc1cccc2c1OCO2. The largest absolute Gasteiger partial charge is 0.454 e. The van der Waals surface area contributed by atoms with Crippen molar-refractivity contribution in [1.82, 2.24) is 5.32 Å². The summed E-state index contributed by atoms with van der Waals surface area (Å²) < 4.78 is 10.9. The first-order valence-electron chi connectivity index (χ1n) is 7.16. The summed E-state index contributed by atoms with van der Waals surface area (Å²) in [5.74, 6) is 4.29. The van der Waals surface area contributed by atoms with Crippen molar-refractivity contribution in [2.24, 2.45) is 17.8 Å². The molecule has 1 saturated carbocycles. The van der Waals surface area contributed by atoms with Gasteiger partial charge >= 0.3 is 0 Å². The molecule has 1 heterocycles. The van der Waals surface area contributed by atoms with Crippen LogP contribution in [0.1, 0.15) is 18.4 Å². The Morgan fingerprint density at radius 1 is 1.16 bits per heavy atom. The molecule has 3 atom stereocenters. The zero-order valence-electron chi connectivity index (χ0n) is 11.0. The van der Waals surface area contributed by atoms with Crippen LogP contribution in [0.3, 0.4) is 0 Å². The summed E-state index contributed by atoms with van der Waals surface area (Å²) >= 11 is 0. The van der Waals surface area contributed by atoms with Crippen LogP contribution in [0.15, 0.2) is 30.4 Å². The topological polar surface area (TPSA) is 30.5 Å². The van der Waals surface area contributed by atoms with Gasteiger partial charge in [-0.05, 0) is 43.2 Å². The van der Waals surface area contributed by atoms with Gasteiger partial charge < -0.3 is 14.8 Å². The highest BCUT2D eigenvalue weighted by Gasteiger charge is 2.35. The monoisotopic (exact) mass is 257 g/mol. The van der Waals surface area contributed by atoms with Gasteiger partial charge in [0.2, 0.25) is 6.79 Å². The van der Waals surface area contributed by atoms with Crippen LogP contribution >= 0.6 is 0 Å². The van der Waals surface area contributed by atoms with Gasteiger partial charge in [0.25, 0.3) is 0 Å². The van der Waals surface area contributed by atoms with Gasteiger partial charge in [-0.1, -0.05) is 24.3 Å². The molecular formula is C16H19NO2. The Morgan fingerprint density at radius 3 is 3.00 bits per heavy atom. The Labute approximate surface area is 113 Å². The van der Waals surface area contributed by atoms with Crippen molar-refractivity contribution in [3.8, 4) is 11.5 Å². The van der Waals surface area contributed by atoms with Gasteiger partial charge in [-0.3, -0.25) is 0 Å². The summed E-state index contributed by atoms with van der Waals surface area (Å²) in [5.41, 5.74) is 1.20. The Hall–Kier alpha value is -1.48. The van der Waals surface area contributed by atoms with E-state index in [2.05, 4.69) is 23.5 Å². The summed E-state index contributed by atoms with van der Waals surface area (Å²) in [6, 6.07) is 6.11. The first-order valence-corrected chi connectivity index (χ1v) is 7.16. The van der Waals surface area contributed by atoms with E-state index in [1.807, 2.05) is 12.1 Å². The average molecular weight is 257 g/mol. The zero-order chi connectivity index (χ0) is 12.7. The van der Waals surface area contributed by atoms with E-state index in [-0.39, 0.29) is 0 Å². The molecule has 2 bridgehead atoms. The maximum atomic E-state index is 5.53. The van der Waals surface area contributed by atoms with Crippen LogP contribution in [0.4, 0.5) is 0 Å². The zero-order valence-corrected chi connectivity index (χ0v) is 11.0. The highest BCUT2D eigenvalue weighted by Crippen LogP contribution is 2.43. The van der Waals surface area contributed by atoms with E-state index in [0.29, 0.717) is 6.79 Å². The van der Waals surface area contributed by atoms with Crippen LogP contribution in [-0.4, -0.2) is 13.3 Å². The normalized spacial score (nSPS) is 30.2. The van der Waals surface area contributed by atoms with Gasteiger partial charge in [-0.15, -0.1) is 0 Å². The summed E-state index contributed by atoms with van der Waals surface area (Å²) in [5, 5.41) is 3.59. The summed E-state index contributed by atoms with van der Waals surface area (Å²) in [6.45, 7) is 2.32.